The highest BCUT2D eigenvalue weighted by Gasteiger charge is 2.14. The summed E-state index contributed by atoms with van der Waals surface area (Å²) in [5, 5.41) is 0. The maximum absolute atomic E-state index is 5.54. The number of hydrogen-bond acceptors (Lipinski definition) is 3. The minimum Gasteiger partial charge on any atom is -0.358 e. The number of hydrogen-bond donors (Lipinski definition) is 1. The number of nitrogens with one attached hydrogen (secondary N) is 1. The van der Waals surface area contributed by atoms with Crippen LogP contribution < -0.4 is 0 Å². The molecule has 2 heterocycles. The van der Waals surface area contributed by atoms with Gasteiger partial charge < -0.3 is 9.88 Å². The summed E-state index contributed by atoms with van der Waals surface area (Å²) in [4.78, 5) is 10.4. The maximum atomic E-state index is 5.54. The van der Waals surface area contributed by atoms with E-state index in [1.54, 1.807) is 11.8 Å². The predicted octanol–water partition coefficient (Wildman–Crippen LogP) is 4.18. The van der Waals surface area contributed by atoms with Crippen molar-refractivity contribution in [3.05, 3.63) is 29.1 Å². The van der Waals surface area contributed by atoms with Gasteiger partial charge in [0, 0.05) is 13.1 Å². The van der Waals surface area contributed by atoms with Crippen LogP contribution in [0.2, 0.25) is 0 Å². The molecule has 5 heteroatoms. The van der Waals surface area contributed by atoms with Crippen molar-refractivity contribution in [3.63, 3.8) is 0 Å². The van der Waals surface area contributed by atoms with Gasteiger partial charge in [0.25, 0.3) is 0 Å². The van der Waals surface area contributed by atoms with Gasteiger partial charge in [0.15, 0.2) is 0 Å². The molecule has 0 atom stereocenters. The summed E-state index contributed by atoms with van der Waals surface area (Å²) in [5.74, 6) is 1.83. The number of thioether (sulfide) groups is 1. The minimum atomic E-state index is 0.822. The summed E-state index contributed by atoms with van der Waals surface area (Å²) in [6.45, 7) is 6.49. The topological polar surface area (TPSA) is 31.9 Å². The minimum absolute atomic E-state index is 0.822. The molecule has 1 aliphatic heterocycles. The largest absolute Gasteiger partial charge is 0.358 e. The van der Waals surface area contributed by atoms with E-state index in [1.807, 2.05) is 0 Å². The van der Waals surface area contributed by atoms with E-state index in [0.717, 1.165) is 40.0 Å². The molecule has 1 aromatic heterocycles. The normalized spacial score (nSPS) is 15.6. The van der Waals surface area contributed by atoms with Crippen LogP contribution >= 0.6 is 24.0 Å². The lowest BCUT2D eigenvalue weighted by Gasteiger charge is -2.28. The zero-order valence-corrected chi connectivity index (χ0v) is 14.2. The SMILES string of the molecule is Cc1cc2nc(CSC(=S)N3CCCCC3)[nH]c2cc1C. The lowest BCUT2D eigenvalue weighted by Crippen LogP contribution is -2.32. The number of aromatic nitrogens is 2. The fourth-order valence-corrected chi connectivity index (χ4v) is 3.81. The third-order valence-electron chi connectivity index (χ3n) is 4.09. The average Bonchev–Trinajstić information content (AvgIpc) is 2.88. The molecule has 0 saturated carbocycles. The van der Waals surface area contributed by atoms with E-state index in [4.69, 9.17) is 12.2 Å². The highest BCUT2D eigenvalue weighted by Crippen LogP contribution is 2.22. The van der Waals surface area contributed by atoms with Crippen LogP contribution in [0.15, 0.2) is 12.1 Å². The Hall–Kier alpha value is -1.07. The van der Waals surface area contributed by atoms with Crippen LogP contribution in [-0.2, 0) is 5.75 Å². The molecular weight excluding hydrogens is 298 g/mol. The molecule has 0 bridgehead atoms. The number of piperidine rings is 1. The number of benzene rings is 1. The fraction of sp³-hybridized carbons (Fsp3) is 0.500. The Labute approximate surface area is 135 Å². The van der Waals surface area contributed by atoms with Gasteiger partial charge in [-0.1, -0.05) is 24.0 Å². The molecule has 0 radical (unpaired) electrons. The quantitative estimate of drug-likeness (QED) is 0.841. The number of rotatable bonds is 2. The molecule has 0 unspecified atom stereocenters. The van der Waals surface area contributed by atoms with Crippen molar-refractivity contribution in [3.8, 4) is 0 Å². The van der Waals surface area contributed by atoms with E-state index in [2.05, 4.69) is 40.8 Å². The molecule has 21 heavy (non-hydrogen) atoms. The fourth-order valence-electron chi connectivity index (χ4n) is 2.69. The van der Waals surface area contributed by atoms with Crippen molar-refractivity contribution in [2.75, 3.05) is 13.1 Å². The summed E-state index contributed by atoms with van der Waals surface area (Å²) in [5.41, 5.74) is 4.77. The summed E-state index contributed by atoms with van der Waals surface area (Å²) in [6, 6.07) is 4.33. The Morgan fingerprint density at radius 3 is 2.71 bits per heavy atom. The van der Waals surface area contributed by atoms with Gasteiger partial charge in [-0.25, -0.2) is 4.98 Å². The van der Waals surface area contributed by atoms with Crippen LogP contribution in [0.4, 0.5) is 0 Å². The van der Waals surface area contributed by atoms with E-state index >= 15 is 0 Å². The van der Waals surface area contributed by atoms with E-state index in [9.17, 15) is 0 Å². The first kappa shape index (κ1) is 14.9. The summed E-state index contributed by atoms with van der Waals surface area (Å²) >= 11 is 7.27. The van der Waals surface area contributed by atoms with Crippen LogP contribution in [0, 0.1) is 13.8 Å². The first-order valence-corrected chi connectivity index (χ1v) is 8.90. The van der Waals surface area contributed by atoms with Gasteiger partial charge in [-0.3, -0.25) is 0 Å². The number of likely N-dealkylation sites (tertiary alicyclic amines) is 1. The molecule has 3 nitrogen and oxygen atoms in total. The number of imidazole rings is 1. The number of fused-ring (bicyclic) bond motifs is 1. The Balaban J connectivity index is 1.66. The van der Waals surface area contributed by atoms with Crippen molar-refractivity contribution in [2.45, 2.75) is 38.9 Å². The molecule has 2 aromatic rings. The smallest absolute Gasteiger partial charge is 0.136 e. The van der Waals surface area contributed by atoms with Crippen molar-refractivity contribution in [2.24, 2.45) is 0 Å². The van der Waals surface area contributed by atoms with Gasteiger partial charge in [0.05, 0.1) is 16.8 Å². The molecule has 1 aromatic carbocycles. The zero-order chi connectivity index (χ0) is 14.8. The highest BCUT2D eigenvalue weighted by atomic mass is 32.2. The average molecular weight is 319 g/mol. The Morgan fingerprint density at radius 1 is 1.24 bits per heavy atom. The molecule has 1 fully saturated rings. The van der Waals surface area contributed by atoms with Crippen molar-refractivity contribution >= 4 is 39.3 Å². The van der Waals surface area contributed by atoms with Crippen molar-refractivity contribution in [1.29, 1.82) is 0 Å². The maximum Gasteiger partial charge on any atom is 0.136 e. The van der Waals surface area contributed by atoms with Gasteiger partial charge in [0.2, 0.25) is 0 Å². The number of thiocarbonyl (C=S) groups is 1. The third kappa shape index (κ3) is 3.40. The monoisotopic (exact) mass is 319 g/mol. The molecule has 1 saturated heterocycles. The van der Waals surface area contributed by atoms with Crippen LogP contribution in [0.3, 0.4) is 0 Å². The Morgan fingerprint density at radius 2 is 1.95 bits per heavy atom. The molecule has 0 amide bonds. The van der Waals surface area contributed by atoms with Gasteiger partial charge in [-0.2, -0.15) is 0 Å². The van der Waals surface area contributed by atoms with Gasteiger partial charge >= 0.3 is 0 Å². The lowest BCUT2D eigenvalue weighted by molar-refractivity contribution is 0.352. The first-order chi connectivity index (χ1) is 10.1. The van der Waals surface area contributed by atoms with Crippen LogP contribution in [0.5, 0.6) is 0 Å². The van der Waals surface area contributed by atoms with E-state index in [1.165, 1.54) is 30.4 Å². The van der Waals surface area contributed by atoms with Gasteiger partial charge in [0.1, 0.15) is 10.1 Å². The Kier molecular flexibility index (Phi) is 4.50. The molecule has 1 N–H and O–H groups in total. The second kappa shape index (κ2) is 6.36. The second-order valence-corrected chi connectivity index (χ2v) is 7.35. The Bertz CT molecular complexity index is 618. The number of aromatic amines is 1. The molecule has 0 aliphatic carbocycles. The van der Waals surface area contributed by atoms with E-state index in [-0.39, 0.29) is 0 Å². The second-order valence-electron chi connectivity index (χ2n) is 5.74. The van der Waals surface area contributed by atoms with Crippen LogP contribution in [0.1, 0.15) is 36.2 Å². The predicted molar refractivity (Wildman–Crippen MR) is 94.9 cm³/mol. The molecule has 3 rings (SSSR count). The standard InChI is InChI=1S/C16H21N3S2/c1-11-8-13-14(9-12(11)2)18-15(17-13)10-21-16(20)19-6-4-3-5-7-19/h8-9H,3-7,10H2,1-2H3,(H,17,18). The lowest BCUT2D eigenvalue weighted by atomic mass is 10.1. The zero-order valence-electron chi connectivity index (χ0n) is 12.6. The summed E-state index contributed by atoms with van der Waals surface area (Å²) in [6.07, 6.45) is 3.87. The van der Waals surface area contributed by atoms with Crippen molar-refractivity contribution in [1.82, 2.24) is 14.9 Å². The van der Waals surface area contributed by atoms with E-state index in [0.29, 0.717) is 0 Å². The van der Waals surface area contributed by atoms with Crippen LogP contribution in [0.25, 0.3) is 11.0 Å². The van der Waals surface area contributed by atoms with Gasteiger partial charge in [-0.05, 0) is 56.4 Å². The first-order valence-electron chi connectivity index (χ1n) is 7.51. The van der Waals surface area contributed by atoms with Gasteiger partial charge in [-0.15, -0.1) is 0 Å². The number of nitrogens with zero attached hydrogens (tertiary/aromatic N) is 2. The van der Waals surface area contributed by atoms with Crippen LogP contribution in [-0.4, -0.2) is 32.3 Å². The van der Waals surface area contributed by atoms with Crippen molar-refractivity contribution < 1.29 is 0 Å². The van der Waals surface area contributed by atoms with E-state index < -0.39 is 0 Å². The molecule has 1 aliphatic rings. The summed E-state index contributed by atoms with van der Waals surface area (Å²) < 4.78 is 1.02. The number of aryl methyl sites for hydroxylation is 2. The molecule has 112 valence electrons. The molecule has 0 spiro atoms. The highest BCUT2D eigenvalue weighted by molar-refractivity contribution is 8.22. The molecular formula is C16H21N3S2. The number of H-pyrrole nitrogens is 1. The summed E-state index contributed by atoms with van der Waals surface area (Å²) in [7, 11) is 0. The third-order valence-corrected chi connectivity index (χ3v) is 5.63.